The summed E-state index contributed by atoms with van der Waals surface area (Å²) in [4.78, 5) is 34.3. The molecule has 3 atom stereocenters. The largest absolute Gasteiger partial charge is 0.406 e. The number of azo groups is 1. The lowest BCUT2D eigenvalue weighted by Gasteiger charge is -2.40. The number of carbonyl (C=O) groups is 2. The zero-order valence-electron chi connectivity index (χ0n) is 20.4. The van der Waals surface area contributed by atoms with E-state index < -0.39 is 18.0 Å². The van der Waals surface area contributed by atoms with Crippen LogP contribution in [0.15, 0.2) is 40.5 Å². The number of nitrogens with zero attached hydrogens (tertiary/aromatic N) is 7. The van der Waals surface area contributed by atoms with Crippen LogP contribution in [0.4, 0.5) is 19.0 Å². The molecule has 2 saturated heterocycles. The Morgan fingerprint density at radius 3 is 2.76 bits per heavy atom. The maximum Gasteiger partial charge on any atom is 0.406 e. The van der Waals surface area contributed by atoms with Gasteiger partial charge in [-0.15, -0.1) is 5.11 Å². The Morgan fingerprint density at radius 1 is 1.27 bits per heavy atom. The van der Waals surface area contributed by atoms with Crippen LogP contribution in [0.3, 0.4) is 0 Å². The van der Waals surface area contributed by atoms with Gasteiger partial charge in [0, 0.05) is 38.4 Å². The number of amides is 2. The Labute approximate surface area is 212 Å². The zero-order chi connectivity index (χ0) is 26.6. The van der Waals surface area contributed by atoms with Gasteiger partial charge in [0.15, 0.2) is 5.92 Å². The van der Waals surface area contributed by atoms with Crippen LogP contribution < -0.4 is 4.90 Å². The van der Waals surface area contributed by atoms with E-state index in [0.717, 1.165) is 12.0 Å². The van der Waals surface area contributed by atoms with Crippen molar-refractivity contribution in [1.82, 2.24) is 14.8 Å². The molecule has 37 heavy (non-hydrogen) atoms. The quantitative estimate of drug-likeness (QED) is 0.509. The number of piperazine rings is 1. The topological polar surface area (TPSA) is 114 Å². The summed E-state index contributed by atoms with van der Waals surface area (Å²) in [7, 11) is 0. The zero-order valence-corrected chi connectivity index (χ0v) is 20.4. The van der Waals surface area contributed by atoms with E-state index in [2.05, 4.69) is 20.1 Å². The van der Waals surface area contributed by atoms with Gasteiger partial charge < -0.3 is 19.4 Å². The van der Waals surface area contributed by atoms with Gasteiger partial charge in [0.05, 0.1) is 43.1 Å². The fraction of sp³-hybridized carbons (Fsp3) is 0.583. The highest BCUT2D eigenvalue weighted by Crippen LogP contribution is 2.39. The molecule has 198 valence electrons. The summed E-state index contributed by atoms with van der Waals surface area (Å²) in [6.45, 7) is 4.35. The normalized spacial score (nSPS) is 24.3. The summed E-state index contributed by atoms with van der Waals surface area (Å²) in [6, 6.07) is 5.16. The lowest BCUT2D eigenvalue weighted by Crippen LogP contribution is -2.54. The molecule has 0 aliphatic carbocycles. The number of rotatable bonds is 7. The monoisotopic (exact) mass is 519 g/mol. The summed E-state index contributed by atoms with van der Waals surface area (Å²) >= 11 is 0. The van der Waals surface area contributed by atoms with Crippen LogP contribution in [0.25, 0.3) is 0 Å². The first-order valence-corrected chi connectivity index (χ1v) is 12.2. The van der Waals surface area contributed by atoms with E-state index in [9.17, 15) is 22.8 Å². The minimum atomic E-state index is -4.75. The average Bonchev–Trinajstić information content (AvgIpc) is 3.34. The van der Waals surface area contributed by atoms with Crippen LogP contribution in [-0.4, -0.2) is 84.3 Å². The second kappa shape index (κ2) is 11.2. The predicted octanol–water partition coefficient (Wildman–Crippen LogP) is 2.87. The second-order valence-corrected chi connectivity index (χ2v) is 9.30. The molecule has 2 unspecified atom stereocenters. The van der Waals surface area contributed by atoms with E-state index in [1.807, 2.05) is 13.0 Å². The number of nitriles is 1. The minimum Gasteiger partial charge on any atom is -0.379 e. The maximum absolute atomic E-state index is 13.5. The first kappa shape index (κ1) is 26.5. The van der Waals surface area contributed by atoms with Crippen LogP contribution >= 0.6 is 0 Å². The highest BCUT2D eigenvalue weighted by molar-refractivity contribution is 5.83. The molecule has 4 rings (SSSR count). The number of likely N-dealkylation sites (tertiary alicyclic amines) is 1. The summed E-state index contributed by atoms with van der Waals surface area (Å²) in [5, 5.41) is 15.4. The molecule has 0 bridgehead atoms. The van der Waals surface area contributed by atoms with Gasteiger partial charge in [0.1, 0.15) is 11.9 Å². The third-order valence-corrected chi connectivity index (χ3v) is 6.84. The van der Waals surface area contributed by atoms with Crippen molar-refractivity contribution in [2.45, 2.75) is 44.4 Å². The van der Waals surface area contributed by atoms with E-state index in [4.69, 9.17) is 10.00 Å². The Balaban J connectivity index is 1.25. The molecule has 0 N–H and O–H groups in total. The molecule has 0 radical (unpaired) electrons. The number of hydrogen-bond donors (Lipinski definition) is 0. The average molecular weight is 520 g/mol. The van der Waals surface area contributed by atoms with Gasteiger partial charge in [-0.2, -0.15) is 23.5 Å². The molecule has 0 spiro atoms. The van der Waals surface area contributed by atoms with Gasteiger partial charge in [-0.05, 0) is 31.9 Å². The number of ether oxygens (including phenoxy) is 1. The van der Waals surface area contributed by atoms with E-state index in [-0.39, 0.29) is 43.3 Å². The number of alkyl halides is 3. The minimum absolute atomic E-state index is 0.0479. The summed E-state index contributed by atoms with van der Waals surface area (Å²) in [5.74, 6) is -2.93. The van der Waals surface area contributed by atoms with Crippen molar-refractivity contribution < 1.29 is 27.5 Å². The molecule has 4 heterocycles. The molecule has 3 aliphatic rings. The van der Waals surface area contributed by atoms with Crippen molar-refractivity contribution in [3.63, 3.8) is 0 Å². The summed E-state index contributed by atoms with van der Waals surface area (Å²) in [5.41, 5.74) is 0.291. The van der Waals surface area contributed by atoms with Crippen molar-refractivity contribution in [2.75, 3.05) is 44.3 Å². The Hall–Kier alpha value is -3.53. The third-order valence-electron chi connectivity index (χ3n) is 6.84. The summed E-state index contributed by atoms with van der Waals surface area (Å²) < 4.78 is 46.2. The Kier molecular flexibility index (Phi) is 8.06. The first-order valence-electron chi connectivity index (χ1n) is 12.2. The van der Waals surface area contributed by atoms with Crippen molar-refractivity contribution >= 4 is 17.6 Å². The fourth-order valence-electron chi connectivity index (χ4n) is 5.00. The molecule has 0 aromatic carbocycles. The van der Waals surface area contributed by atoms with E-state index >= 15 is 0 Å². The van der Waals surface area contributed by atoms with Crippen molar-refractivity contribution in [1.29, 1.82) is 5.26 Å². The molecule has 0 saturated carbocycles. The summed E-state index contributed by atoms with van der Waals surface area (Å²) in [6.07, 6.45) is -0.779. The van der Waals surface area contributed by atoms with Gasteiger partial charge in [-0.1, -0.05) is 0 Å². The van der Waals surface area contributed by atoms with E-state index in [1.54, 1.807) is 17.0 Å². The first-order chi connectivity index (χ1) is 17.7. The van der Waals surface area contributed by atoms with Crippen molar-refractivity contribution in [3.8, 4) is 6.07 Å². The van der Waals surface area contributed by atoms with Crippen LogP contribution in [0.1, 0.15) is 31.7 Å². The van der Waals surface area contributed by atoms with Crippen molar-refractivity contribution in [3.05, 3.63) is 35.8 Å². The lowest BCUT2D eigenvalue weighted by atomic mass is 10.0. The highest BCUT2D eigenvalue weighted by Gasteiger charge is 2.51. The van der Waals surface area contributed by atoms with Gasteiger partial charge in [0.25, 0.3) is 5.91 Å². The van der Waals surface area contributed by atoms with Gasteiger partial charge in [-0.25, -0.2) is 4.98 Å². The predicted molar refractivity (Wildman–Crippen MR) is 125 cm³/mol. The number of hydrogen-bond acceptors (Lipinski definition) is 8. The third kappa shape index (κ3) is 6.07. The van der Waals surface area contributed by atoms with Gasteiger partial charge in [0.2, 0.25) is 5.91 Å². The molecule has 10 nitrogen and oxygen atoms in total. The van der Waals surface area contributed by atoms with Crippen LogP contribution in [0, 0.1) is 17.2 Å². The van der Waals surface area contributed by atoms with Crippen molar-refractivity contribution in [2.24, 2.45) is 16.1 Å². The molecule has 2 fully saturated rings. The Bertz CT molecular complexity index is 1100. The smallest absolute Gasteiger partial charge is 0.379 e. The van der Waals surface area contributed by atoms with Crippen LogP contribution in [0.2, 0.25) is 0 Å². The van der Waals surface area contributed by atoms with Gasteiger partial charge in [-0.3, -0.25) is 9.59 Å². The number of halogens is 3. The number of aromatic nitrogens is 1. The molecule has 13 heteroatoms. The number of carbonyl (C=O) groups excluding carboxylic acids is 2. The molecular formula is C24H28F3N7O3. The molecule has 1 aromatic heterocycles. The van der Waals surface area contributed by atoms with Crippen LogP contribution in [0.5, 0.6) is 0 Å². The highest BCUT2D eigenvalue weighted by atomic mass is 19.4. The molecule has 1 aromatic rings. The second-order valence-electron chi connectivity index (χ2n) is 9.30. The van der Waals surface area contributed by atoms with E-state index in [0.29, 0.717) is 44.6 Å². The number of pyridine rings is 1. The maximum atomic E-state index is 13.5. The Morgan fingerprint density at radius 2 is 2.08 bits per heavy atom. The SMILES string of the molecule is CC1CN(c2ccc(C#N)cn2)CCN1C(=O)CCOC[C@@H]1CCCN1C1=CN=NC(=O)C1C(F)(F)F. The standard InChI is InChI=1S/C24H28F3N7O3/c1-16-14-32(20-5-4-17(11-28)12-29-20)8-9-33(16)21(35)6-10-37-15-18-3-2-7-34(18)19-13-30-31-23(36)22(19)24(25,26)27/h4-5,12-13,16,18,22H,2-3,6-10,14-15H2,1H3/t16?,18-,22?/m0/s1. The number of anilines is 1. The van der Waals surface area contributed by atoms with Gasteiger partial charge >= 0.3 is 6.18 Å². The van der Waals surface area contributed by atoms with E-state index in [1.165, 1.54) is 11.1 Å². The molecular weight excluding hydrogens is 491 g/mol. The lowest BCUT2D eigenvalue weighted by molar-refractivity contribution is -0.177. The molecule has 3 aliphatic heterocycles. The molecule has 2 amide bonds. The fourth-order valence-corrected chi connectivity index (χ4v) is 5.00. The van der Waals surface area contributed by atoms with Crippen LogP contribution in [-0.2, 0) is 14.3 Å².